The summed E-state index contributed by atoms with van der Waals surface area (Å²) in [6.07, 6.45) is 20.7. The molecule has 1 aliphatic heterocycles. The van der Waals surface area contributed by atoms with Gasteiger partial charge in [-0.05, 0) is 75.2 Å². The summed E-state index contributed by atoms with van der Waals surface area (Å²) in [5.41, 5.74) is 3.31. The molecular weight excluding hydrogens is 685 g/mol. The molecule has 1 heterocycles. The van der Waals surface area contributed by atoms with Gasteiger partial charge in [0.25, 0.3) is 0 Å². The maximum atomic E-state index is 11.8. The number of hydrogen-bond donors (Lipinski definition) is 2. The van der Waals surface area contributed by atoms with Gasteiger partial charge >= 0.3 is 6.16 Å². The zero-order chi connectivity index (χ0) is 40.4. The van der Waals surface area contributed by atoms with E-state index < -0.39 is 26.5 Å². The van der Waals surface area contributed by atoms with E-state index >= 15 is 0 Å². The molecule has 1 unspecified atom stereocenters. The van der Waals surface area contributed by atoms with E-state index in [1.165, 1.54) is 11.6 Å². The quantitative estimate of drug-likeness (QED) is 0.0487. The third-order valence-corrected chi connectivity index (χ3v) is 15.0. The van der Waals surface area contributed by atoms with E-state index in [1.807, 2.05) is 39.0 Å². The van der Waals surface area contributed by atoms with E-state index in [4.69, 9.17) is 23.4 Å². The van der Waals surface area contributed by atoms with Gasteiger partial charge in [0.1, 0.15) is 13.2 Å². The highest BCUT2D eigenvalue weighted by atomic mass is 28.4. The smallest absolute Gasteiger partial charge is 0.430 e. The summed E-state index contributed by atoms with van der Waals surface area (Å²) >= 11 is 0. The van der Waals surface area contributed by atoms with Gasteiger partial charge in [-0.25, -0.2) is 4.79 Å². The lowest BCUT2D eigenvalue weighted by molar-refractivity contribution is -0.128. The summed E-state index contributed by atoms with van der Waals surface area (Å²) in [4.78, 5) is 11.7. The minimum absolute atomic E-state index is 0.0218. The van der Waals surface area contributed by atoms with Crippen LogP contribution in [-0.2, 0) is 23.4 Å². The third-order valence-electron chi connectivity index (χ3n) is 10.5. The van der Waals surface area contributed by atoms with Gasteiger partial charge in [0, 0.05) is 24.9 Å². The van der Waals surface area contributed by atoms with Gasteiger partial charge in [-0.1, -0.05) is 127 Å². The first-order valence-electron chi connectivity index (χ1n) is 19.4. The zero-order valence-electron chi connectivity index (χ0n) is 35.3. The van der Waals surface area contributed by atoms with Crippen molar-refractivity contribution in [3.05, 3.63) is 84.1 Å². The highest BCUT2D eigenvalue weighted by Crippen LogP contribution is 2.41. The fourth-order valence-electron chi connectivity index (χ4n) is 6.09. The molecule has 0 saturated carbocycles. The van der Waals surface area contributed by atoms with Crippen LogP contribution >= 0.6 is 0 Å². The van der Waals surface area contributed by atoms with Crippen molar-refractivity contribution in [1.82, 2.24) is 0 Å². The number of allylic oxidation sites excluding steroid dienone is 7. The summed E-state index contributed by atoms with van der Waals surface area (Å²) in [5.74, 6) is -0.0404. The van der Waals surface area contributed by atoms with Crippen molar-refractivity contribution in [1.29, 1.82) is 0 Å². The Bertz CT molecular complexity index is 1290. The average Bonchev–Trinajstić information content (AvgIpc) is 3.09. The van der Waals surface area contributed by atoms with Gasteiger partial charge in [-0.3, -0.25) is 0 Å². The molecule has 1 aliphatic rings. The first kappa shape index (κ1) is 48.5. The average molecular weight is 759 g/mol. The summed E-state index contributed by atoms with van der Waals surface area (Å²) in [5, 5.41) is 22.2. The Hall–Kier alpha value is -2.53. The molecule has 2 N–H and O–H groups in total. The lowest BCUT2D eigenvalue weighted by Crippen LogP contribution is -2.50. The maximum absolute atomic E-state index is 11.8. The Morgan fingerprint density at radius 3 is 2.30 bits per heavy atom. The minimum atomic E-state index is -2.22. The number of aliphatic hydroxyl groups excluding tert-OH is 2. The fourth-order valence-corrected chi connectivity index (χ4v) is 7.57. The first-order chi connectivity index (χ1) is 24.8. The van der Waals surface area contributed by atoms with E-state index in [0.717, 1.165) is 24.0 Å². The van der Waals surface area contributed by atoms with Gasteiger partial charge in [0.05, 0.1) is 24.9 Å². The van der Waals surface area contributed by atoms with Crippen LogP contribution in [0.2, 0.25) is 18.1 Å². The Balaban J connectivity index is 3.06. The molecule has 0 saturated heterocycles. The van der Waals surface area contributed by atoms with Gasteiger partial charge in [0.15, 0.2) is 14.6 Å². The molecule has 0 aromatic rings. The minimum Gasteiger partial charge on any atom is -0.430 e. The van der Waals surface area contributed by atoms with Crippen LogP contribution in [0.15, 0.2) is 84.1 Å². The Morgan fingerprint density at radius 1 is 1.06 bits per heavy atom. The van der Waals surface area contributed by atoms with Crippen LogP contribution < -0.4 is 0 Å². The van der Waals surface area contributed by atoms with Crippen molar-refractivity contribution in [2.24, 2.45) is 29.6 Å². The Labute approximate surface area is 323 Å². The van der Waals surface area contributed by atoms with Crippen molar-refractivity contribution in [2.45, 2.75) is 131 Å². The number of ether oxygens (including phenoxy) is 4. The van der Waals surface area contributed by atoms with Crippen LogP contribution in [0, 0.1) is 29.6 Å². The molecular formula is C44H74O8Si. The molecule has 0 bridgehead atoms. The molecule has 0 radical (unpaired) electrons. The second-order valence-electron chi connectivity index (χ2n) is 16.4. The van der Waals surface area contributed by atoms with Crippen LogP contribution in [0.25, 0.3) is 0 Å². The normalized spacial score (nSPS) is 22.8. The molecule has 0 amide bonds. The van der Waals surface area contributed by atoms with Crippen molar-refractivity contribution in [3.63, 3.8) is 0 Å². The predicted octanol–water partition coefficient (Wildman–Crippen LogP) is 10.3. The summed E-state index contributed by atoms with van der Waals surface area (Å²) in [6.45, 7) is 29.4. The molecule has 0 aromatic carbocycles. The Morgan fingerprint density at radius 2 is 1.72 bits per heavy atom. The van der Waals surface area contributed by atoms with Crippen molar-refractivity contribution in [3.8, 4) is 0 Å². The fraction of sp³-hybridized carbons (Fsp3) is 0.659. The monoisotopic (exact) mass is 759 g/mol. The Kier molecular flexibility index (Phi) is 22.0. The van der Waals surface area contributed by atoms with Crippen LogP contribution in [-0.4, -0.2) is 76.2 Å². The number of methoxy groups -OCH3 is 1. The van der Waals surface area contributed by atoms with Crippen LogP contribution in [0.1, 0.15) is 88.5 Å². The van der Waals surface area contributed by atoms with E-state index in [-0.39, 0.29) is 61.1 Å². The second-order valence-corrected chi connectivity index (χ2v) is 21.1. The van der Waals surface area contributed by atoms with Gasteiger partial charge in [0.2, 0.25) is 0 Å². The SMILES string of the molecule is C=CCOC(=O)OC/C=C(\C)C[C@H](C)[C@@H](O[Si](C)(C)C(C)(C)C)[C@H](C)[C@@H](O)[C@@H](/C=C(C)/C=C/C[C@@H](C)/C=C(\C=C\[C@@H]1OC(OC)C=C[C@@H]1C)CC)CO. The van der Waals surface area contributed by atoms with E-state index in [2.05, 4.69) is 105 Å². The largest absolute Gasteiger partial charge is 0.508 e. The predicted molar refractivity (Wildman–Crippen MR) is 221 cm³/mol. The van der Waals surface area contributed by atoms with Crippen molar-refractivity contribution >= 4 is 14.5 Å². The molecule has 0 fully saturated rings. The third kappa shape index (κ3) is 17.6. The molecule has 9 atom stereocenters. The molecule has 0 aliphatic carbocycles. The molecule has 53 heavy (non-hydrogen) atoms. The van der Waals surface area contributed by atoms with E-state index in [1.54, 1.807) is 7.11 Å². The highest BCUT2D eigenvalue weighted by Gasteiger charge is 2.43. The van der Waals surface area contributed by atoms with E-state index in [9.17, 15) is 15.0 Å². The zero-order valence-corrected chi connectivity index (χ0v) is 36.3. The summed E-state index contributed by atoms with van der Waals surface area (Å²) in [7, 11) is -0.568. The molecule has 8 nitrogen and oxygen atoms in total. The standard InChI is InChI=1S/C44H74O8Si/c1-15-25-49-43(47)50-26-24-33(5)27-35(7)42(52-53(13,14)44(9,10)11)36(8)41(46)38(30-45)29-32(4)19-17-18-31(3)28-37(16-2)21-22-39-34(6)20-23-40(48-12)51-39/h15,17,19-24,28-29,31,34-36,38-42,45-46H,1,16,18,25-27,30H2,2-14H3/b19-17+,22-21+,32-29+,33-24+,37-28-/t31-,34+,35+,36-,38+,39+,40?,41-,42-/m1/s1. The molecule has 1 rings (SSSR count). The second kappa shape index (κ2) is 24.1. The van der Waals surface area contributed by atoms with Crippen LogP contribution in [0.4, 0.5) is 4.79 Å². The summed E-state index contributed by atoms with van der Waals surface area (Å²) < 4.78 is 28.4. The first-order valence-corrected chi connectivity index (χ1v) is 22.3. The van der Waals surface area contributed by atoms with Crippen LogP contribution in [0.3, 0.4) is 0 Å². The number of carbonyl (C=O) groups excluding carboxylic acids is 1. The van der Waals surface area contributed by atoms with Crippen molar-refractivity contribution in [2.75, 3.05) is 26.9 Å². The van der Waals surface area contributed by atoms with Gasteiger partial charge < -0.3 is 33.6 Å². The number of hydrogen-bond acceptors (Lipinski definition) is 8. The lowest BCUT2D eigenvalue weighted by atomic mass is 9.81. The molecule has 0 spiro atoms. The highest BCUT2D eigenvalue weighted by molar-refractivity contribution is 6.74. The summed E-state index contributed by atoms with van der Waals surface area (Å²) in [6, 6.07) is 0. The molecule has 302 valence electrons. The molecule has 0 aromatic heterocycles. The molecule has 9 heteroatoms. The topological polar surface area (TPSA) is 104 Å². The number of carbonyl (C=O) groups is 1. The lowest BCUT2D eigenvalue weighted by Gasteiger charge is -2.44. The number of rotatable bonds is 22. The van der Waals surface area contributed by atoms with Gasteiger partial charge in [-0.15, -0.1) is 0 Å². The number of aliphatic hydroxyl groups is 2. The van der Waals surface area contributed by atoms with Crippen molar-refractivity contribution < 1.29 is 38.4 Å². The van der Waals surface area contributed by atoms with Crippen LogP contribution in [0.5, 0.6) is 0 Å². The van der Waals surface area contributed by atoms with Gasteiger partial charge in [-0.2, -0.15) is 0 Å². The van der Waals surface area contributed by atoms with E-state index in [0.29, 0.717) is 12.3 Å². The maximum Gasteiger partial charge on any atom is 0.508 e.